The van der Waals surface area contributed by atoms with Crippen molar-refractivity contribution in [3.63, 3.8) is 0 Å². The Kier molecular flexibility index (Phi) is 3.08. The maximum absolute atomic E-state index is 4.37. The van der Waals surface area contributed by atoms with E-state index in [9.17, 15) is 0 Å². The van der Waals surface area contributed by atoms with E-state index in [0.29, 0.717) is 0 Å². The molecule has 0 saturated carbocycles. The second kappa shape index (κ2) is 3.97. The molecule has 0 saturated heterocycles. The fourth-order valence-corrected chi connectivity index (χ4v) is 1.60. The van der Waals surface area contributed by atoms with Gasteiger partial charge in [-0.05, 0) is 6.07 Å². The first-order valence-corrected chi connectivity index (χ1v) is 4.79. The van der Waals surface area contributed by atoms with E-state index in [4.69, 9.17) is 0 Å². The molecule has 2 aromatic rings. The van der Waals surface area contributed by atoms with Crippen LogP contribution in [0.3, 0.4) is 0 Å². The lowest BCUT2D eigenvalue weighted by atomic mass is 9.89. The van der Waals surface area contributed by atoms with Gasteiger partial charge in [-0.15, -0.1) is 0 Å². The summed E-state index contributed by atoms with van der Waals surface area (Å²) in [5.41, 5.74) is 2.21. The molecule has 2 rings (SSSR count). The molecule has 1 aromatic heterocycles. The Morgan fingerprint density at radius 3 is 2.33 bits per heavy atom. The minimum absolute atomic E-state index is 0. The minimum atomic E-state index is 0. The van der Waals surface area contributed by atoms with Gasteiger partial charge in [-0.2, -0.15) is 0 Å². The topological polar surface area (TPSA) is 25.8 Å². The molecular formula is C13H18N2. The number of rotatable bonds is 0. The van der Waals surface area contributed by atoms with Gasteiger partial charge in [0, 0.05) is 10.8 Å². The van der Waals surface area contributed by atoms with Crippen molar-refractivity contribution in [2.45, 2.75) is 33.6 Å². The molecule has 0 aliphatic heterocycles. The van der Waals surface area contributed by atoms with E-state index in [1.165, 1.54) is 0 Å². The van der Waals surface area contributed by atoms with Crippen LogP contribution in [0.15, 0.2) is 30.6 Å². The summed E-state index contributed by atoms with van der Waals surface area (Å²) < 4.78 is 0. The van der Waals surface area contributed by atoms with Crippen LogP contribution in [0.25, 0.3) is 10.9 Å². The average Bonchev–Trinajstić information content (AvgIpc) is 2.15. The Labute approximate surface area is 91.4 Å². The summed E-state index contributed by atoms with van der Waals surface area (Å²) in [6, 6.07) is 8.13. The molecule has 0 fully saturated rings. The van der Waals surface area contributed by atoms with E-state index in [1.807, 2.05) is 18.2 Å². The van der Waals surface area contributed by atoms with Crippen molar-refractivity contribution in [3.8, 4) is 0 Å². The molecule has 15 heavy (non-hydrogen) atoms. The number of hydrogen-bond donors (Lipinski definition) is 0. The molecule has 1 aromatic carbocycles. The zero-order chi connectivity index (χ0) is 10.2. The fourth-order valence-electron chi connectivity index (χ4n) is 1.60. The zero-order valence-corrected chi connectivity index (χ0v) is 8.78. The first kappa shape index (κ1) is 11.6. The monoisotopic (exact) mass is 202 g/mol. The molecule has 0 unspecified atom stereocenters. The van der Waals surface area contributed by atoms with Crippen molar-refractivity contribution >= 4 is 10.9 Å². The SMILES string of the molecule is C.CC(C)(C)c1ncnc2ccccc12. The van der Waals surface area contributed by atoms with Crippen molar-refractivity contribution in [2.75, 3.05) is 0 Å². The summed E-state index contributed by atoms with van der Waals surface area (Å²) in [5.74, 6) is 0. The van der Waals surface area contributed by atoms with E-state index in [-0.39, 0.29) is 12.8 Å². The van der Waals surface area contributed by atoms with E-state index >= 15 is 0 Å². The quantitative estimate of drug-likeness (QED) is 0.652. The predicted molar refractivity (Wildman–Crippen MR) is 65.0 cm³/mol. The summed E-state index contributed by atoms with van der Waals surface area (Å²) in [6.45, 7) is 6.51. The van der Waals surface area contributed by atoms with Crippen LogP contribution >= 0.6 is 0 Å². The Hall–Kier alpha value is -1.44. The summed E-state index contributed by atoms with van der Waals surface area (Å²) in [7, 11) is 0. The van der Waals surface area contributed by atoms with Gasteiger partial charge in [0.15, 0.2) is 0 Å². The lowest BCUT2D eigenvalue weighted by Crippen LogP contribution is -2.14. The van der Waals surface area contributed by atoms with E-state index in [1.54, 1.807) is 6.33 Å². The normalized spacial score (nSPS) is 11.1. The molecule has 0 bridgehead atoms. The smallest absolute Gasteiger partial charge is 0.116 e. The fraction of sp³-hybridized carbons (Fsp3) is 0.385. The Bertz CT molecular complexity index is 450. The highest BCUT2D eigenvalue weighted by molar-refractivity contribution is 5.81. The largest absolute Gasteiger partial charge is 0.240 e. The highest BCUT2D eigenvalue weighted by Crippen LogP contribution is 2.26. The molecule has 0 aliphatic rings. The molecule has 0 atom stereocenters. The summed E-state index contributed by atoms with van der Waals surface area (Å²) in [5, 5.41) is 1.16. The molecule has 0 N–H and O–H groups in total. The van der Waals surface area contributed by atoms with Gasteiger partial charge < -0.3 is 0 Å². The second-order valence-electron chi connectivity index (χ2n) is 4.49. The van der Waals surface area contributed by atoms with Crippen LogP contribution in [0.4, 0.5) is 0 Å². The molecule has 0 radical (unpaired) electrons. The van der Waals surface area contributed by atoms with Gasteiger partial charge in [-0.25, -0.2) is 9.97 Å². The summed E-state index contributed by atoms with van der Waals surface area (Å²) >= 11 is 0. The van der Waals surface area contributed by atoms with Crippen molar-refractivity contribution < 1.29 is 0 Å². The number of aromatic nitrogens is 2. The minimum Gasteiger partial charge on any atom is -0.240 e. The third-order valence-electron chi connectivity index (χ3n) is 2.25. The van der Waals surface area contributed by atoms with Crippen LogP contribution < -0.4 is 0 Å². The van der Waals surface area contributed by atoms with Crippen molar-refractivity contribution in [1.29, 1.82) is 0 Å². The summed E-state index contributed by atoms with van der Waals surface area (Å²) in [6.07, 6.45) is 1.64. The number of hydrogen-bond acceptors (Lipinski definition) is 2. The van der Waals surface area contributed by atoms with Gasteiger partial charge in [0.25, 0.3) is 0 Å². The van der Waals surface area contributed by atoms with Gasteiger partial charge in [-0.3, -0.25) is 0 Å². The maximum Gasteiger partial charge on any atom is 0.116 e. The first-order valence-electron chi connectivity index (χ1n) is 4.79. The van der Waals surface area contributed by atoms with Crippen molar-refractivity contribution in [3.05, 3.63) is 36.3 Å². The third kappa shape index (κ3) is 2.14. The molecule has 0 amide bonds. The molecule has 1 heterocycles. The molecule has 0 spiro atoms. The number of nitrogens with zero attached hydrogens (tertiary/aromatic N) is 2. The Balaban J connectivity index is 0.00000112. The summed E-state index contributed by atoms with van der Waals surface area (Å²) in [4.78, 5) is 8.61. The number of para-hydroxylation sites is 1. The van der Waals surface area contributed by atoms with Gasteiger partial charge in [0.05, 0.1) is 11.2 Å². The van der Waals surface area contributed by atoms with E-state index in [2.05, 4.69) is 36.8 Å². The predicted octanol–water partition coefficient (Wildman–Crippen LogP) is 3.56. The highest BCUT2D eigenvalue weighted by Gasteiger charge is 2.18. The van der Waals surface area contributed by atoms with Crippen LogP contribution in [0.5, 0.6) is 0 Å². The van der Waals surface area contributed by atoms with Crippen LogP contribution in [-0.2, 0) is 5.41 Å². The second-order valence-corrected chi connectivity index (χ2v) is 4.49. The van der Waals surface area contributed by atoms with Crippen LogP contribution in [0, 0.1) is 0 Å². The maximum atomic E-state index is 4.37. The van der Waals surface area contributed by atoms with E-state index in [0.717, 1.165) is 16.6 Å². The lowest BCUT2D eigenvalue weighted by Gasteiger charge is -2.18. The van der Waals surface area contributed by atoms with E-state index < -0.39 is 0 Å². The lowest BCUT2D eigenvalue weighted by molar-refractivity contribution is 0.574. The van der Waals surface area contributed by atoms with Crippen LogP contribution in [-0.4, -0.2) is 9.97 Å². The highest BCUT2D eigenvalue weighted by atomic mass is 14.8. The molecule has 2 heteroatoms. The Morgan fingerprint density at radius 2 is 1.67 bits per heavy atom. The zero-order valence-electron chi connectivity index (χ0n) is 8.78. The van der Waals surface area contributed by atoms with Gasteiger partial charge in [-0.1, -0.05) is 46.4 Å². The molecule has 2 nitrogen and oxygen atoms in total. The van der Waals surface area contributed by atoms with Crippen LogP contribution in [0.1, 0.15) is 33.9 Å². The van der Waals surface area contributed by atoms with Gasteiger partial charge in [0.1, 0.15) is 6.33 Å². The molecular weight excluding hydrogens is 184 g/mol. The third-order valence-corrected chi connectivity index (χ3v) is 2.25. The van der Waals surface area contributed by atoms with Crippen molar-refractivity contribution in [1.82, 2.24) is 9.97 Å². The first-order chi connectivity index (χ1) is 6.59. The Morgan fingerprint density at radius 1 is 1.00 bits per heavy atom. The van der Waals surface area contributed by atoms with Crippen LogP contribution in [0.2, 0.25) is 0 Å². The van der Waals surface area contributed by atoms with Crippen molar-refractivity contribution in [2.24, 2.45) is 0 Å². The standard InChI is InChI=1S/C12H14N2.CH4/c1-12(2,3)11-9-6-4-5-7-10(9)13-8-14-11;/h4-8H,1-3H3;1H4. The molecule has 0 aliphatic carbocycles. The number of benzene rings is 1. The van der Waals surface area contributed by atoms with Gasteiger partial charge >= 0.3 is 0 Å². The number of fused-ring (bicyclic) bond motifs is 1. The molecule has 80 valence electrons. The average molecular weight is 202 g/mol. The van der Waals surface area contributed by atoms with Gasteiger partial charge in [0.2, 0.25) is 0 Å².